The van der Waals surface area contributed by atoms with Gasteiger partial charge in [-0.3, -0.25) is 4.79 Å². The van der Waals surface area contributed by atoms with E-state index in [1.165, 1.54) is 18.2 Å². The number of nitrogens with one attached hydrogen (secondary N) is 2. The van der Waals surface area contributed by atoms with Crippen LogP contribution in [-0.2, 0) is 4.79 Å². The van der Waals surface area contributed by atoms with Crippen molar-refractivity contribution in [1.82, 2.24) is 5.32 Å². The third-order valence-corrected chi connectivity index (χ3v) is 2.51. The van der Waals surface area contributed by atoms with E-state index in [4.69, 9.17) is 0 Å². The molecular formula is C12H16F2N2O2. The van der Waals surface area contributed by atoms with Crippen molar-refractivity contribution < 1.29 is 18.3 Å². The van der Waals surface area contributed by atoms with Crippen LogP contribution in [0.5, 0.6) is 5.75 Å². The number of amides is 1. The summed E-state index contributed by atoms with van der Waals surface area (Å²) in [5.74, 6) is -0.260. The molecule has 0 spiro atoms. The Bertz CT molecular complexity index is 422. The predicted molar refractivity (Wildman–Crippen MR) is 64.8 cm³/mol. The standard InChI is InChI=1S/C12H16F2N2O2/c1-12(2,15-3)10(17)16-8-5-4-6-9(7-8)18-11(13)14/h4-7,11,15H,1-3H3,(H,16,17). The Balaban J connectivity index is 2.76. The zero-order valence-corrected chi connectivity index (χ0v) is 10.5. The van der Waals surface area contributed by atoms with E-state index in [2.05, 4.69) is 15.4 Å². The van der Waals surface area contributed by atoms with Gasteiger partial charge >= 0.3 is 6.61 Å². The first-order valence-electron chi connectivity index (χ1n) is 5.40. The second kappa shape index (κ2) is 5.77. The van der Waals surface area contributed by atoms with Crippen LogP contribution in [0.4, 0.5) is 14.5 Å². The molecule has 0 aliphatic carbocycles. The van der Waals surface area contributed by atoms with Crippen molar-refractivity contribution in [2.75, 3.05) is 12.4 Å². The van der Waals surface area contributed by atoms with Crippen molar-refractivity contribution in [3.8, 4) is 5.75 Å². The largest absolute Gasteiger partial charge is 0.435 e. The molecule has 0 heterocycles. The summed E-state index contributed by atoms with van der Waals surface area (Å²) in [6.45, 7) is 0.536. The SMILES string of the molecule is CNC(C)(C)C(=O)Nc1cccc(OC(F)F)c1. The summed E-state index contributed by atoms with van der Waals surface area (Å²) in [5.41, 5.74) is -0.346. The molecule has 6 heteroatoms. The maximum atomic E-state index is 12.0. The summed E-state index contributed by atoms with van der Waals surface area (Å²) in [6.07, 6.45) is 0. The highest BCUT2D eigenvalue weighted by molar-refractivity contribution is 5.97. The number of likely N-dealkylation sites (N-methyl/N-ethyl adjacent to an activating group) is 1. The summed E-state index contributed by atoms with van der Waals surface area (Å²) in [6, 6.07) is 5.86. The van der Waals surface area contributed by atoms with Crippen molar-refractivity contribution in [1.29, 1.82) is 0 Å². The Kier molecular flexibility index (Phi) is 4.61. The average molecular weight is 258 g/mol. The number of anilines is 1. The molecule has 0 atom stereocenters. The molecule has 1 amide bonds. The minimum Gasteiger partial charge on any atom is -0.435 e. The lowest BCUT2D eigenvalue weighted by Crippen LogP contribution is -2.47. The first-order valence-corrected chi connectivity index (χ1v) is 5.40. The van der Waals surface area contributed by atoms with Crippen molar-refractivity contribution in [3.05, 3.63) is 24.3 Å². The van der Waals surface area contributed by atoms with Crippen molar-refractivity contribution in [2.24, 2.45) is 0 Å². The van der Waals surface area contributed by atoms with Gasteiger partial charge in [0, 0.05) is 11.8 Å². The van der Waals surface area contributed by atoms with Crippen molar-refractivity contribution >= 4 is 11.6 Å². The number of hydrogen-bond donors (Lipinski definition) is 2. The number of rotatable bonds is 5. The highest BCUT2D eigenvalue weighted by Gasteiger charge is 2.25. The van der Waals surface area contributed by atoms with Crippen LogP contribution >= 0.6 is 0 Å². The van der Waals surface area contributed by atoms with E-state index in [9.17, 15) is 13.6 Å². The zero-order chi connectivity index (χ0) is 13.8. The zero-order valence-electron chi connectivity index (χ0n) is 10.5. The van der Waals surface area contributed by atoms with E-state index in [1.54, 1.807) is 27.0 Å². The van der Waals surface area contributed by atoms with Crippen LogP contribution in [0.3, 0.4) is 0 Å². The molecule has 0 bridgehead atoms. The van der Waals surface area contributed by atoms with Gasteiger partial charge in [-0.1, -0.05) is 6.07 Å². The third-order valence-electron chi connectivity index (χ3n) is 2.51. The summed E-state index contributed by atoms with van der Waals surface area (Å²) in [4.78, 5) is 11.8. The van der Waals surface area contributed by atoms with E-state index in [0.29, 0.717) is 5.69 Å². The van der Waals surface area contributed by atoms with E-state index >= 15 is 0 Å². The van der Waals surface area contributed by atoms with Gasteiger partial charge in [0.15, 0.2) is 0 Å². The molecule has 0 radical (unpaired) electrons. The summed E-state index contributed by atoms with van der Waals surface area (Å²) < 4.78 is 28.3. The normalized spacial score (nSPS) is 11.4. The molecule has 0 aliphatic rings. The molecule has 0 unspecified atom stereocenters. The quantitative estimate of drug-likeness (QED) is 0.851. The van der Waals surface area contributed by atoms with Gasteiger partial charge in [-0.25, -0.2) is 0 Å². The second-order valence-corrected chi connectivity index (χ2v) is 4.24. The number of carbonyl (C=O) groups excluding carboxylic acids is 1. The Morgan fingerprint density at radius 3 is 2.61 bits per heavy atom. The fraction of sp³-hybridized carbons (Fsp3) is 0.417. The maximum Gasteiger partial charge on any atom is 0.387 e. The average Bonchev–Trinajstić information content (AvgIpc) is 2.28. The predicted octanol–water partition coefficient (Wildman–Crippen LogP) is 2.22. The minimum absolute atomic E-state index is 0.00469. The van der Waals surface area contributed by atoms with Gasteiger partial charge in [-0.2, -0.15) is 8.78 Å². The van der Waals surface area contributed by atoms with Gasteiger partial charge < -0.3 is 15.4 Å². The highest BCUT2D eigenvalue weighted by Crippen LogP contribution is 2.20. The number of hydrogen-bond acceptors (Lipinski definition) is 3. The van der Waals surface area contributed by atoms with Gasteiger partial charge in [0.05, 0.1) is 5.54 Å². The van der Waals surface area contributed by atoms with Crippen LogP contribution < -0.4 is 15.4 Å². The lowest BCUT2D eigenvalue weighted by molar-refractivity contribution is -0.121. The Hall–Kier alpha value is -1.69. The van der Waals surface area contributed by atoms with Crippen LogP contribution in [0, 0.1) is 0 Å². The van der Waals surface area contributed by atoms with Crippen LogP contribution in [0.2, 0.25) is 0 Å². The molecule has 4 nitrogen and oxygen atoms in total. The summed E-state index contributed by atoms with van der Waals surface area (Å²) >= 11 is 0. The molecule has 1 aromatic carbocycles. The molecule has 0 aliphatic heterocycles. The third kappa shape index (κ3) is 3.96. The number of alkyl halides is 2. The van der Waals surface area contributed by atoms with E-state index in [0.717, 1.165) is 0 Å². The fourth-order valence-electron chi connectivity index (χ4n) is 1.15. The molecule has 2 N–H and O–H groups in total. The van der Waals surface area contributed by atoms with Crippen LogP contribution in [0.25, 0.3) is 0 Å². The smallest absolute Gasteiger partial charge is 0.387 e. The molecule has 1 aromatic rings. The lowest BCUT2D eigenvalue weighted by Gasteiger charge is -2.22. The number of benzene rings is 1. The van der Waals surface area contributed by atoms with Crippen LogP contribution in [0.15, 0.2) is 24.3 Å². The Labute approximate surface area is 104 Å². The molecule has 100 valence electrons. The van der Waals surface area contributed by atoms with Gasteiger partial charge in [0.2, 0.25) is 5.91 Å². The van der Waals surface area contributed by atoms with Crippen molar-refractivity contribution in [3.63, 3.8) is 0 Å². The number of carbonyl (C=O) groups is 1. The summed E-state index contributed by atoms with van der Waals surface area (Å²) in [5, 5.41) is 5.47. The van der Waals surface area contributed by atoms with Crippen molar-refractivity contribution in [2.45, 2.75) is 26.0 Å². The molecule has 1 rings (SSSR count). The van der Waals surface area contributed by atoms with E-state index < -0.39 is 12.2 Å². The topological polar surface area (TPSA) is 50.4 Å². The molecule has 0 fully saturated rings. The molecule has 0 aromatic heterocycles. The lowest BCUT2D eigenvalue weighted by atomic mass is 10.1. The highest BCUT2D eigenvalue weighted by atomic mass is 19.3. The molecular weight excluding hydrogens is 242 g/mol. The Morgan fingerprint density at radius 2 is 2.06 bits per heavy atom. The van der Waals surface area contributed by atoms with Crippen LogP contribution in [0.1, 0.15) is 13.8 Å². The number of ether oxygens (including phenoxy) is 1. The molecule has 18 heavy (non-hydrogen) atoms. The monoisotopic (exact) mass is 258 g/mol. The van der Waals surface area contributed by atoms with Gasteiger partial charge in [0.1, 0.15) is 5.75 Å². The Morgan fingerprint density at radius 1 is 1.39 bits per heavy atom. The van der Waals surface area contributed by atoms with Crippen LogP contribution in [-0.4, -0.2) is 25.1 Å². The minimum atomic E-state index is -2.88. The van der Waals surface area contributed by atoms with E-state index in [-0.39, 0.29) is 11.7 Å². The molecule has 0 saturated heterocycles. The van der Waals surface area contributed by atoms with Gasteiger partial charge in [-0.05, 0) is 33.0 Å². The first-order chi connectivity index (χ1) is 8.35. The second-order valence-electron chi connectivity index (χ2n) is 4.24. The fourth-order valence-corrected chi connectivity index (χ4v) is 1.15. The van der Waals surface area contributed by atoms with Gasteiger partial charge in [0.25, 0.3) is 0 Å². The molecule has 0 saturated carbocycles. The summed E-state index contributed by atoms with van der Waals surface area (Å²) in [7, 11) is 1.66. The first kappa shape index (κ1) is 14.4. The van der Waals surface area contributed by atoms with E-state index in [1.807, 2.05) is 0 Å². The number of halogens is 2. The maximum absolute atomic E-state index is 12.0. The van der Waals surface area contributed by atoms with Gasteiger partial charge in [-0.15, -0.1) is 0 Å².